The normalized spacial score (nSPS) is 19.5. The number of nitrogens with one attached hydrogen (secondary N) is 1. The molecule has 3 nitrogen and oxygen atoms in total. The molecule has 4 heteroatoms. The monoisotopic (exact) mass is 237 g/mol. The van der Waals surface area contributed by atoms with Gasteiger partial charge in [0.1, 0.15) is 7.85 Å². The summed E-state index contributed by atoms with van der Waals surface area (Å²) in [5.41, 5.74) is 7.30. The maximum absolute atomic E-state index is 6.03. The van der Waals surface area contributed by atoms with Gasteiger partial charge in [-0.15, -0.1) is 0 Å². The van der Waals surface area contributed by atoms with Crippen LogP contribution < -0.4 is 11.1 Å². The number of hydrogen-bond donors (Lipinski definition) is 2. The molecule has 0 aromatic carbocycles. The van der Waals surface area contributed by atoms with Crippen LogP contribution in [0.5, 0.6) is 0 Å². The van der Waals surface area contributed by atoms with Gasteiger partial charge in [0.15, 0.2) is 0 Å². The predicted molar refractivity (Wildman–Crippen MR) is 77.8 cm³/mol. The summed E-state index contributed by atoms with van der Waals surface area (Å²) in [5.74, 6) is 0. The second-order valence-corrected chi connectivity index (χ2v) is 5.14. The number of hydrogen-bond acceptors (Lipinski definition) is 3. The van der Waals surface area contributed by atoms with Crippen LogP contribution in [0.2, 0.25) is 0 Å². The number of nitrogens with zero attached hydrogens (tertiary/aromatic N) is 1. The Morgan fingerprint density at radius 3 is 2.82 bits per heavy atom. The molecule has 1 aliphatic heterocycles. The summed E-state index contributed by atoms with van der Waals surface area (Å²) < 4.78 is 0. The van der Waals surface area contributed by atoms with Gasteiger partial charge in [-0.05, 0) is 51.5 Å². The standard InChI is InChI=1S/C13H28BN3/c1-2-6-13(15)12(14)11-16-7-5-10-17-8-3-4-9-17/h11,13,16H,2-10,14-15H2,1H3/b12-11+. The minimum absolute atomic E-state index is 0.228. The molecule has 0 aromatic heterocycles. The Labute approximate surface area is 107 Å². The molecule has 0 aromatic rings. The van der Waals surface area contributed by atoms with Gasteiger partial charge in [0.25, 0.3) is 0 Å². The van der Waals surface area contributed by atoms with Crippen molar-refractivity contribution in [3.63, 3.8) is 0 Å². The number of likely N-dealkylation sites (tertiary alicyclic amines) is 1. The van der Waals surface area contributed by atoms with E-state index in [0.29, 0.717) is 0 Å². The highest BCUT2D eigenvalue weighted by molar-refractivity contribution is 6.22. The Balaban J connectivity index is 2.03. The lowest BCUT2D eigenvalue weighted by molar-refractivity contribution is 0.333. The van der Waals surface area contributed by atoms with Crippen molar-refractivity contribution in [1.29, 1.82) is 0 Å². The van der Waals surface area contributed by atoms with E-state index in [4.69, 9.17) is 5.73 Å². The van der Waals surface area contributed by atoms with E-state index in [0.717, 1.165) is 19.4 Å². The van der Waals surface area contributed by atoms with Crippen LogP contribution >= 0.6 is 0 Å². The molecule has 17 heavy (non-hydrogen) atoms. The molecule has 1 fully saturated rings. The van der Waals surface area contributed by atoms with Gasteiger partial charge < -0.3 is 16.0 Å². The summed E-state index contributed by atoms with van der Waals surface area (Å²) in [5, 5.41) is 3.38. The lowest BCUT2D eigenvalue weighted by Gasteiger charge is -2.15. The van der Waals surface area contributed by atoms with Crippen molar-refractivity contribution in [3.05, 3.63) is 11.7 Å². The minimum Gasteiger partial charge on any atom is -0.391 e. The zero-order valence-corrected chi connectivity index (χ0v) is 11.5. The van der Waals surface area contributed by atoms with Gasteiger partial charge in [0.05, 0.1) is 0 Å². The Morgan fingerprint density at radius 1 is 1.47 bits per heavy atom. The fourth-order valence-electron chi connectivity index (χ4n) is 2.29. The molecule has 1 saturated heterocycles. The molecule has 1 heterocycles. The lowest BCUT2D eigenvalue weighted by Crippen LogP contribution is -2.26. The van der Waals surface area contributed by atoms with Crippen molar-refractivity contribution < 1.29 is 0 Å². The van der Waals surface area contributed by atoms with Crippen LogP contribution in [0.1, 0.15) is 39.0 Å². The van der Waals surface area contributed by atoms with Gasteiger partial charge in [-0.3, -0.25) is 0 Å². The van der Waals surface area contributed by atoms with Crippen molar-refractivity contribution in [2.45, 2.75) is 45.1 Å². The predicted octanol–water partition coefficient (Wildman–Crippen LogP) is 0.664. The molecule has 98 valence electrons. The topological polar surface area (TPSA) is 41.3 Å². The van der Waals surface area contributed by atoms with E-state index < -0.39 is 0 Å². The van der Waals surface area contributed by atoms with Crippen LogP contribution in [0.15, 0.2) is 11.7 Å². The molecule has 0 spiro atoms. The maximum Gasteiger partial charge on any atom is 0.137 e. The molecular formula is C13H28BN3. The van der Waals surface area contributed by atoms with Crippen LogP contribution in [-0.4, -0.2) is 45.0 Å². The summed E-state index contributed by atoms with van der Waals surface area (Å²) in [6, 6.07) is 0.228. The van der Waals surface area contributed by atoms with Crippen molar-refractivity contribution in [1.82, 2.24) is 10.2 Å². The average Bonchev–Trinajstić information content (AvgIpc) is 2.81. The van der Waals surface area contributed by atoms with Gasteiger partial charge in [0.2, 0.25) is 0 Å². The highest BCUT2D eigenvalue weighted by Gasteiger charge is 2.09. The third kappa shape index (κ3) is 6.13. The van der Waals surface area contributed by atoms with Crippen molar-refractivity contribution >= 4 is 7.85 Å². The summed E-state index contributed by atoms with van der Waals surface area (Å²) in [4.78, 5) is 2.56. The van der Waals surface area contributed by atoms with Gasteiger partial charge >= 0.3 is 0 Å². The van der Waals surface area contributed by atoms with Gasteiger partial charge in [-0.1, -0.05) is 18.8 Å². The fourth-order valence-corrected chi connectivity index (χ4v) is 2.29. The van der Waals surface area contributed by atoms with E-state index in [1.165, 1.54) is 44.4 Å². The summed E-state index contributed by atoms with van der Waals surface area (Å²) in [7, 11) is 2.12. The van der Waals surface area contributed by atoms with Crippen molar-refractivity contribution in [2.75, 3.05) is 26.2 Å². The zero-order valence-electron chi connectivity index (χ0n) is 11.5. The van der Waals surface area contributed by atoms with Gasteiger partial charge in [0, 0.05) is 12.6 Å². The van der Waals surface area contributed by atoms with Crippen molar-refractivity contribution in [3.8, 4) is 0 Å². The van der Waals surface area contributed by atoms with Crippen LogP contribution in [0, 0.1) is 0 Å². The van der Waals surface area contributed by atoms with Gasteiger partial charge in [-0.25, -0.2) is 0 Å². The maximum atomic E-state index is 6.03. The van der Waals surface area contributed by atoms with Crippen molar-refractivity contribution in [2.24, 2.45) is 5.73 Å². The Hall–Kier alpha value is -0.475. The molecule has 0 amide bonds. The largest absolute Gasteiger partial charge is 0.391 e. The minimum atomic E-state index is 0.228. The first-order valence-corrected chi connectivity index (χ1v) is 7.12. The molecule has 1 rings (SSSR count). The van der Waals surface area contributed by atoms with Crippen LogP contribution in [-0.2, 0) is 0 Å². The van der Waals surface area contributed by atoms with Crippen LogP contribution in [0.4, 0.5) is 0 Å². The molecule has 1 aliphatic rings. The number of nitrogens with two attached hydrogens (primary N) is 1. The van der Waals surface area contributed by atoms with E-state index >= 15 is 0 Å². The second-order valence-electron chi connectivity index (χ2n) is 5.14. The quantitative estimate of drug-likeness (QED) is 0.481. The third-order valence-corrected chi connectivity index (χ3v) is 3.51. The smallest absolute Gasteiger partial charge is 0.137 e. The highest BCUT2D eigenvalue weighted by Crippen LogP contribution is 2.07. The third-order valence-electron chi connectivity index (χ3n) is 3.51. The summed E-state index contributed by atoms with van der Waals surface area (Å²) in [6.45, 7) is 7.08. The average molecular weight is 237 g/mol. The van der Waals surface area contributed by atoms with Gasteiger partial charge in [-0.2, -0.15) is 0 Å². The van der Waals surface area contributed by atoms with Crippen LogP contribution in [0.3, 0.4) is 0 Å². The molecule has 1 atom stereocenters. The van der Waals surface area contributed by atoms with E-state index in [1.807, 2.05) is 0 Å². The van der Waals surface area contributed by atoms with E-state index in [2.05, 4.69) is 31.2 Å². The first kappa shape index (κ1) is 14.6. The SMILES string of the molecule is B/C(=C/NCCCN1CCCC1)C(N)CCC. The first-order chi connectivity index (χ1) is 8.24. The molecule has 0 saturated carbocycles. The van der Waals surface area contributed by atoms with E-state index in [-0.39, 0.29) is 6.04 Å². The Kier molecular flexibility index (Phi) is 7.37. The zero-order chi connectivity index (χ0) is 12.5. The molecular weight excluding hydrogens is 209 g/mol. The van der Waals surface area contributed by atoms with E-state index in [1.54, 1.807) is 0 Å². The molecule has 0 aliphatic carbocycles. The second kappa shape index (κ2) is 8.59. The molecule has 0 radical (unpaired) electrons. The Morgan fingerprint density at radius 2 is 2.18 bits per heavy atom. The van der Waals surface area contributed by atoms with Crippen LogP contribution in [0.25, 0.3) is 0 Å². The lowest BCUT2D eigenvalue weighted by atomic mass is 9.87. The summed E-state index contributed by atoms with van der Waals surface area (Å²) >= 11 is 0. The summed E-state index contributed by atoms with van der Waals surface area (Å²) in [6.07, 6.45) is 8.34. The number of rotatable bonds is 8. The molecule has 0 bridgehead atoms. The highest BCUT2D eigenvalue weighted by atomic mass is 15.1. The van der Waals surface area contributed by atoms with E-state index in [9.17, 15) is 0 Å². The Bertz CT molecular complexity index is 225. The fraction of sp³-hybridized carbons (Fsp3) is 0.846. The molecule has 1 unspecified atom stereocenters. The molecule has 3 N–H and O–H groups in total. The first-order valence-electron chi connectivity index (χ1n) is 7.12.